The van der Waals surface area contributed by atoms with Crippen molar-refractivity contribution in [3.8, 4) is 0 Å². The standard InChI is InChI=1S/C23H34O4/c1-14(24)23(26)12-9-20-18-6-5-16-13-17(27-15(2)25)7-10-21(16,3)19(18)8-11-22(20,23)4/h5,17-20,26H,6-13H2,1-4H3/t17-,18+,19-,20-,21+,22-,23-/m0/s1. The minimum atomic E-state index is -1.14. The molecular formula is C23H34O4. The van der Waals surface area contributed by atoms with Gasteiger partial charge in [-0.2, -0.15) is 0 Å². The lowest BCUT2D eigenvalue weighted by Gasteiger charge is -2.58. The Morgan fingerprint density at radius 2 is 1.78 bits per heavy atom. The van der Waals surface area contributed by atoms with Crippen LogP contribution in [0.4, 0.5) is 0 Å². The molecule has 7 atom stereocenters. The minimum absolute atomic E-state index is 0.0292. The number of carbonyl (C=O) groups is 2. The highest BCUT2D eigenvalue weighted by Crippen LogP contribution is 2.67. The fourth-order valence-corrected chi connectivity index (χ4v) is 7.56. The van der Waals surface area contributed by atoms with Gasteiger partial charge in [-0.25, -0.2) is 0 Å². The minimum Gasteiger partial charge on any atom is -0.462 e. The van der Waals surface area contributed by atoms with Gasteiger partial charge in [0.2, 0.25) is 0 Å². The molecule has 0 spiro atoms. The Kier molecular flexibility index (Phi) is 4.38. The van der Waals surface area contributed by atoms with Gasteiger partial charge in [0.05, 0.1) is 0 Å². The molecule has 0 amide bonds. The Balaban J connectivity index is 1.61. The topological polar surface area (TPSA) is 63.6 Å². The van der Waals surface area contributed by atoms with Crippen LogP contribution in [0, 0.1) is 28.6 Å². The fourth-order valence-electron chi connectivity index (χ4n) is 7.56. The highest BCUT2D eigenvalue weighted by atomic mass is 16.5. The molecule has 4 rings (SSSR count). The number of esters is 1. The van der Waals surface area contributed by atoms with E-state index >= 15 is 0 Å². The zero-order valence-corrected chi connectivity index (χ0v) is 17.2. The van der Waals surface area contributed by atoms with E-state index in [1.165, 1.54) is 12.5 Å². The first-order valence-corrected chi connectivity index (χ1v) is 10.7. The lowest BCUT2D eigenvalue weighted by molar-refractivity contribution is -0.160. The molecule has 3 fully saturated rings. The molecule has 0 radical (unpaired) electrons. The molecule has 0 heterocycles. The second kappa shape index (κ2) is 6.17. The van der Waals surface area contributed by atoms with Gasteiger partial charge in [0.1, 0.15) is 11.7 Å². The summed E-state index contributed by atoms with van der Waals surface area (Å²) in [7, 11) is 0. The average molecular weight is 375 g/mol. The Morgan fingerprint density at radius 1 is 1.07 bits per heavy atom. The Labute approximate surface area is 162 Å². The third kappa shape index (κ3) is 2.58. The summed E-state index contributed by atoms with van der Waals surface area (Å²) in [6, 6.07) is 0. The van der Waals surface area contributed by atoms with Crippen LogP contribution in [0.5, 0.6) is 0 Å². The third-order valence-corrected chi connectivity index (χ3v) is 9.13. The lowest BCUT2D eigenvalue weighted by atomic mass is 9.47. The van der Waals surface area contributed by atoms with Gasteiger partial charge in [-0.05, 0) is 75.0 Å². The van der Waals surface area contributed by atoms with Crippen LogP contribution in [0.1, 0.15) is 79.1 Å². The maximum Gasteiger partial charge on any atom is 0.302 e. The first-order chi connectivity index (χ1) is 12.6. The van der Waals surface area contributed by atoms with E-state index in [4.69, 9.17) is 4.74 Å². The number of Topliss-reactive ketones (excluding diaryl/α,β-unsaturated/α-hetero) is 1. The normalized spacial score (nSPS) is 48.7. The van der Waals surface area contributed by atoms with E-state index in [9.17, 15) is 14.7 Å². The van der Waals surface area contributed by atoms with Crippen LogP contribution in [0.3, 0.4) is 0 Å². The molecule has 1 N–H and O–H groups in total. The van der Waals surface area contributed by atoms with Crippen molar-refractivity contribution in [1.29, 1.82) is 0 Å². The number of carbonyl (C=O) groups excluding carboxylic acids is 2. The van der Waals surface area contributed by atoms with Crippen molar-refractivity contribution < 1.29 is 19.4 Å². The molecule has 4 aliphatic carbocycles. The van der Waals surface area contributed by atoms with Crippen LogP contribution in [0.15, 0.2) is 11.6 Å². The van der Waals surface area contributed by atoms with E-state index in [1.807, 2.05) is 0 Å². The van der Waals surface area contributed by atoms with Crippen molar-refractivity contribution in [2.45, 2.75) is 90.8 Å². The highest BCUT2D eigenvalue weighted by Gasteiger charge is 2.65. The molecule has 0 unspecified atom stereocenters. The van der Waals surface area contributed by atoms with Crippen LogP contribution in [-0.2, 0) is 14.3 Å². The van der Waals surface area contributed by atoms with Gasteiger partial charge in [-0.3, -0.25) is 9.59 Å². The first-order valence-electron chi connectivity index (χ1n) is 10.7. The van der Waals surface area contributed by atoms with E-state index in [-0.39, 0.29) is 28.7 Å². The maximum atomic E-state index is 12.3. The molecular weight excluding hydrogens is 340 g/mol. The van der Waals surface area contributed by atoms with E-state index in [1.54, 1.807) is 6.92 Å². The van der Waals surface area contributed by atoms with E-state index in [0.29, 0.717) is 24.2 Å². The summed E-state index contributed by atoms with van der Waals surface area (Å²) < 4.78 is 5.51. The second-order valence-electron chi connectivity index (χ2n) is 10.1. The number of rotatable bonds is 2. The maximum absolute atomic E-state index is 12.3. The van der Waals surface area contributed by atoms with Gasteiger partial charge in [-0.15, -0.1) is 0 Å². The van der Waals surface area contributed by atoms with Crippen LogP contribution >= 0.6 is 0 Å². The second-order valence-corrected chi connectivity index (χ2v) is 10.1. The van der Waals surface area contributed by atoms with Crippen LogP contribution in [0.25, 0.3) is 0 Å². The summed E-state index contributed by atoms with van der Waals surface area (Å²) in [6.45, 7) is 7.64. The van der Waals surface area contributed by atoms with Crippen molar-refractivity contribution in [2.75, 3.05) is 0 Å². The molecule has 0 aromatic heterocycles. The molecule has 0 aliphatic heterocycles. The van der Waals surface area contributed by atoms with Crippen molar-refractivity contribution in [2.24, 2.45) is 28.6 Å². The number of hydrogen-bond acceptors (Lipinski definition) is 4. The summed E-state index contributed by atoms with van der Waals surface area (Å²) in [5.41, 5.74) is 0.235. The molecule has 0 saturated heterocycles. The van der Waals surface area contributed by atoms with Gasteiger partial charge in [0, 0.05) is 18.8 Å². The van der Waals surface area contributed by atoms with Crippen molar-refractivity contribution >= 4 is 11.8 Å². The number of fused-ring (bicyclic) bond motifs is 5. The summed E-state index contributed by atoms with van der Waals surface area (Å²) in [5.74, 6) is 1.36. The summed E-state index contributed by atoms with van der Waals surface area (Å²) in [6.07, 6.45) is 9.96. The zero-order chi connectivity index (χ0) is 19.6. The molecule has 0 bridgehead atoms. The molecule has 4 aliphatic rings. The monoisotopic (exact) mass is 374 g/mol. The molecule has 0 aromatic rings. The predicted octanol–water partition coefficient (Wildman–Crippen LogP) is 4.20. The zero-order valence-electron chi connectivity index (χ0n) is 17.2. The Bertz CT molecular complexity index is 696. The highest BCUT2D eigenvalue weighted by molar-refractivity contribution is 5.86. The first kappa shape index (κ1) is 19.2. The van der Waals surface area contributed by atoms with E-state index in [2.05, 4.69) is 19.9 Å². The molecule has 27 heavy (non-hydrogen) atoms. The number of ketones is 1. The largest absolute Gasteiger partial charge is 0.462 e. The Morgan fingerprint density at radius 3 is 2.44 bits per heavy atom. The molecule has 3 saturated carbocycles. The molecule has 150 valence electrons. The summed E-state index contributed by atoms with van der Waals surface area (Å²) in [5, 5.41) is 11.2. The number of allylic oxidation sites excluding steroid dienone is 1. The third-order valence-electron chi connectivity index (χ3n) is 9.13. The van der Waals surface area contributed by atoms with Crippen LogP contribution in [-0.4, -0.2) is 28.6 Å². The lowest BCUT2D eigenvalue weighted by Crippen LogP contribution is -2.57. The van der Waals surface area contributed by atoms with Crippen molar-refractivity contribution in [3.63, 3.8) is 0 Å². The van der Waals surface area contributed by atoms with Gasteiger partial charge in [0.15, 0.2) is 5.78 Å². The Hall–Kier alpha value is -1.16. The van der Waals surface area contributed by atoms with Gasteiger partial charge in [0.25, 0.3) is 0 Å². The van der Waals surface area contributed by atoms with E-state index < -0.39 is 5.60 Å². The van der Waals surface area contributed by atoms with Gasteiger partial charge < -0.3 is 9.84 Å². The average Bonchev–Trinajstić information content (AvgIpc) is 2.87. The van der Waals surface area contributed by atoms with Gasteiger partial charge >= 0.3 is 5.97 Å². The summed E-state index contributed by atoms with van der Waals surface area (Å²) in [4.78, 5) is 23.7. The predicted molar refractivity (Wildman–Crippen MR) is 103 cm³/mol. The molecule has 4 nitrogen and oxygen atoms in total. The van der Waals surface area contributed by atoms with Gasteiger partial charge in [-0.1, -0.05) is 25.5 Å². The number of ether oxygens (including phenoxy) is 1. The quantitative estimate of drug-likeness (QED) is 0.581. The van der Waals surface area contributed by atoms with Crippen LogP contribution < -0.4 is 0 Å². The SMILES string of the molecule is CC(=O)O[C@H]1CC[C@]2(C)C(=CC[C@H]3[C@@H]4CC[C@](O)(C(C)=O)[C@@]4(C)CC[C@@H]32)C1. The number of aliphatic hydroxyl groups is 1. The number of hydrogen-bond donors (Lipinski definition) is 1. The summed E-state index contributed by atoms with van der Waals surface area (Å²) >= 11 is 0. The fraction of sp³-hybridized carbons (Fsp3) is 0.826. The van der Waals surface area contributed by atoms with E-state index in [0.717, 1.165) is 44.9 Å². The smallest absolute Gasteiger partial charge is 0.302 e. The molecule has 0 aromatic carbocycles. The van der Waals surface area contributed by atoms with Crippen molar-refractivity contribution in [3.05, 3.63) is 11.6 Å². The van der Waals surface area contributed by atoms with Crippen LogP contribution in [0.2, 0.25) is 0 Å². The molecule has 4 heteroatoms. The van der Waals surface area contributed by atoms with Crippen molar-refractivity contribution in [1.82, 2.24) is 0 Å².